The molecule has 3 aliphatic rings. The third-order valence-electron chi connectivity index (χ3n) is 5.40. The van der Waals surface area contributed by atoms with E-state index in [1.807, 2.05) is 17.0 Å². The molecule has 0 aliphatic carbocycles. The molecule has 2 aromatic heterocycles. The SMILES string of the molecule is COCCc1noc(CN2C[C@@H]3CC[C@H]2CN(C(=O)c2cccnc2)C3)n1. The maximum Gasteiger partial charge on any atom is 0.255 e. The monoisotopic (exact) mass is 371 g/mol. The third kappa shape index (κ3) is 4.17. The number of rotatable bonds is 6. The van der Waals surface area contributed by atoms with E-state index in [0.717, 1.165) is 32.5 Å². The van der Waals surface area contributed by atoms with Crippen LogP contribution in [0.15, 0.2) is 29.0 Å². The van der Waals surface area contributed by atoms with Gasteiger partial charge in [0.05, 0.1) is 18.7 Å². The molecule has 27 heavy (non-hydrogen) atoms. The summed E-state index contributed by atoms with van der Waals surface area (Å²) in [6, 6.07) is 3.96. The van der Waals surface area contributed by atoms with Crippen LogP contribution in [0.5, 0.6) is 0 Å². The van der Waals surface area contributed by atoms with Crippen LogP contribution in [-0.4, -0.2) is 70.2 Å². The Morgan fingerprint density at radius 1 is 1.33 bits per heavy atom. The quantitative estimate of drug-likeness (QED) is 0.758. The summed E-state index contributed by atoms with van der Waals surface area (Å²) in [5.41, 5.74) is 0.657. The topological polar surface area (TPSA) is 84.6 Å². The minimum atomic E-state index is 0.0708. The van der Waals surface area contributed by atoms with Gasteiger partial charge in [0.15, 0.2) is 5.82 Å². The molecule has 1 amide bonds. The molecule has 0 unspecified atom stereocenters. The van der Waals surface area contributed by atoms with Crippen LogP contribution in [0.25, 0.3) is 0 Å². The number of aromatic nitrogens is 3. The summed E-state index contributed by atoms with van der Waals surface area (Å²) < 4.78 is 10.5. The van der Waals surface area contributed by atoms with Crippen LogP contribution in [0.1, 0.15) is 34.9 Å². The number of hydrogen-bond donors (Lipinski definition) is 0. The molecule has 2 bridgehead atoms. The molecule has 2 atom stereocenters. The maximum atomic E-state index is 12.9. The van der Waals surface area contributed by atoms with Crippen molar-refractivity contribution < 1.29 is 14.1 Å². The predicted molar refractivity (Wildman–Crippen MR) is 96.9 cm³/mol. The second kappa shape index (κ2) is 8.14. The normalized spacial score (nSPS) is 22.8. The van der Waals surface area contributed by atoms with Gasteiger partial charge in [-0.1, -0.05) is 5.16 Å². The molecule has 0 aromatic carbocycles. The Balaban J connectivity index is 1.42. The van der Waals surface area contributed by atoms with Gasteiger partial charge in [-0.3, -0.25) is 14.7 Å². The molecule has 0 N–H and O–H groups in total. The first-order valence-electron chi connectivity index (χ1n) is 9.46. The van der Waals surface area contributed by atoms with Crippen LogP contribution in [0, 0.1) is 5.92 Å². The van der Waals surface area contributed by atoms with Crippen molar-refractivity contribution in [3.8, 4) is 0 Å². The average molecular weight is 371 g/mol. The Labute approximate surface area is 158 Å². The van der Waals surface area contributed by atoms with Crippen molar-refractivity contribution in [1.82, 2.24) is 24.9 Å². The van der Waals surface area contributed by atoms with Crippen LogP contribution in [0.3, 0.4) is 0 Å². The number of amides is 1. The minimum Gasteiger partial charge on any atom is -0.384 e. The van der Waals surface area contributed by atoms with Crippen LogP contribution in [-0.2, 0) is 17.7 Å². The highest BCUT2D eigenvalue weighted by Crippen LogP contribution is 2.29. The summed E-state index contributed by atoms with van der Waals surface area (Å²) in [7, 11) is 1.66. The number of ether oxygens (including phenoxy) is 1. The number of carbonyl (C=O) groups is 1. The zero-order chi connectivity index (χ0) is 18.6. The Kier molecular flexibility index (Phi) is 5.45. The summed E-state index contributed by atoms with van der Waals surface area (Å²) in [4.78, 5) is 25.8. The lowest BCUT2D eigenvalue weighted by Gasteiger charge is -2.34. The Morgan fingerprint density at radius 2 is 2.26 bits per heavy atom. The van der Waals surface area contributed by atoms with E-state index < -0.39 is 0 Å². The summed E-state index contributed by atoms with van der Waals surface area (Å²) in [5.74, 6) is 1.86. The van der Waals surface area contributed by atoms with Gasteiger partial charge in [0.1, 0.15) is 0 Å². The molecule has 144 valence electrons. The first kappa shape index (κ1) is 18.1. The maximum absolute atomic E-state index is 12.9. The zero-order valence-electron chi connectivity index (χ0n) is 15.6. The minimum absolute atomic E-state index is 0.0708. The highest BCUT2D eigenvalue weighted by molar-refractivity contribution is 5.93. The van der Waals surface area contributed by atoms with Gasteiger partial charge in [-0.05, 0) is 30.9 Å². The first-order chi connectivity index (χ1) is 13.2. The molecule has 0 saturated carbocycles. The lowest BCUT2D eigenvalue weighted by Crippen LogP contribution is -2.44. The molecule has 8 heteroatoms. The fourth-order valence-corrected chi connectivity index (χ4v) is 4.03. The van der Waals surface area contributed by atoms with Gasteiger partial charge in [-0.2, -0.15) is 4.98 Å². The number of methoxy groups -OCH3 is 1. The molecule has 3 saturated heterocycles. The van der Waals surface area contributed by atoms with Gasteiger partial charge < -0.3 is 14.2 Å². The van der Waals surface area contributed by atoms with Crippen molar-refractivity contribution in [1.29, 1.82) is 0 Å². The fourth-order valence-electron chi connectivity index (χ4n) is 4.03. The van der Waals surface area contributed by atoms with Crippen molar-refractivity contribution in [2.24, 2.45) is 5.92 Å². The van der Waals surface area contributed by atoms with Crippen LogP contribution < -0.4 is 0 Å². The predicted octanol–water partition coefficient (Wildman–Crippen LogP) is 1.39. The molecule has 5 heterocycles. The molecule has 8 nitrogen and oxygen atoms in total. The number of carbonyl (C=O) groups excluding carboxylic acids is 1. The van der Waals surface area contributed by atoms with Crippen molar-refractivity contribution in [2.75, 3.05) is 33.4 Å². The highest BCUT2D eigenvalue weighted by atomic mass is 16.5. The summed E-state index contributed by atoms with van der Waals surface area (Å²) >= 11 is 0. The number of nitrogens with zero attached hydrogens (tertiary/aromatic N) is 5. The van der Waals surface area contributed by atoms with E-state index >= 15 is 0 Å². The van der Waals surface area contributed by atoms with Crippen molar-refractivity contribution >= 4 is 5.91 Å². The van der Waals surface area contributed by atoms with Crippen molar-refractivity contribution in [2.45, 2.75) is 31.8 Å². The highest BCUT2D eigenvalue weighted by Gasteiger charge is 2.37. The second-order valence-electron chi connectivity index (χ2n) is 7.33. The summed E-state index contributed by atoms with van der Waals surface area (Å²) in [5, 5.41) is 4.02. The van der Waals surface area contributed by atoms with Crippen LogP contribution in [0.4, 0.5) is 0 Å². The fraction of sp³-hybridized carbons (Fsp3) is 0.579. The molecule has 3 fully saturated rings. The number of fused-ring (bicyclic) bond motifs is 4. The molecular formula is C19H25N5O3. The number of piperidine rings is 1. The van der Waals surface area contributed by atoms with E-state index in [0.29, 0.717) is 48.8 Å². The van der Waals surface area contributed by atoms with Gasteiger partial charge in [0, 0.05) is 51.6 Å². The zero-order valence-corrected chi connectivity index (χ0v) is 15.6. The number of pyridine rings is 1. The second-order valence-corrected chi connectivity index (χ2v) is 7.33. The first-order valence-corrected chi connectivity index (χ1v) is 9.46. The smallest absolute Gasteiger partial charge is 0.255 e. The van der Waals surface area contributed by atoms with E-state index in [1.165, 1.54) is 0 Å². The number of hydrogen-bond acceptors (Lipinski definition) is 7. The van der Waals surface area contributed by atoms with Crippen LogP contribution >= 0.6 is 0 Å². The average Bonchev–Trinajstić information content (AvgIpc) is 2.94. The summed E-state index contributed by atoms with van der Waals surface area (Å²) in [6.45, 7) is 3.70. The summed E-state index contributed by atoms with van der Waals surface area (Å²) in [6.07, 6.45) is 6.23. The van der Waals surface area contributed by atoms with E-state index in [4.69, 9.17) is 9.26 Å². The third-order valence-corrected chi connectivity index (χ3v) is 5.40. The molecule has 2 aromatic rings. The molecule has 5 rings (SSSR count). The van der Waals surface area contributed by atoms with Crippen molar-refractivity contribution in [3.63, 3.8) is 0 Å². The van der Waals surface area contributed by atoms with Crippen LogP contribution in [0.2, 0.25) is 0 Å². The van der Waals surface area contributed by atoms with Gasteiger partial charge in [-0.15, -0.1) is 0 Å². The molecular weight excluding hydrogens is 346 g/mol. The molecule has 3 aliphatic heterocycles. The van der Waals surface area contributed by atoms with E-state index in [9.17, 15) is 4.79 Å². The van der Waals surface area contributed by atoms with E-state index in [2.05, 4.69) is 20.0 Å². The lowest BCUT2D eigenvalue weighted by atomic mass is 9.95. The van der Waals surface area contributed by atoms with E-state index in [1.54, 1.807) is 19.5 Å². The Hall–Kier alpha value is -2.32. The standard InChI is InChI=1S/C19H25N5O3/c1-26-8-6-17-21-18(27-22-17)13-23-10-14-4-5-16(23)12-24(11-14)19(25)15-3-2-7-20-9-15/h2-3,7,9,14,16H,4-6,8,10-13H2,1H3/t14-,16-/m0/s1. The lowest BCUT2D eigenvalue weighted by molar-refractivity contribution is 0.0731. The van der Waals surface area contributed by atoms with Crippen molar-refractivity contribution in [3.05, 3.63) is 41.8 Å². The Morgan fingerprint density at radius 3 is 3.07 bits per heavy atom. The van der Waals surface area contributed by atoms with Gasteiger partial charge in [0.2, 0.25) is 5.89 Å². The molecule has 0 radical (unpaired) electrons. The van der Waals surface area contributed by atoms with Gasteiger partial charge >= 0.3 is 0 Å². The largest absolute Gasteiger partial charge is 0.384 e. The molecule has 0 spiro atoms. The van der Waals surface area contributed by atoms with Gasteiger partial charge in [-0.25, -0.2) is 0 Å². The van der Waals surface area contributed by atoms with Gasteiger partial charge in [0.25, 0.3) is 5.91 Å². The van der Waals surface area contributed by atoms with E-state index in [-0.39, 0.29) is 5.91 Å². The Bertz CT molecular complexity index is 766.